The van der Waals surface area contributed by atoms with E-state index in [4.69, 9.17) is 0 Å². The van der Waals surface area contributed by atoms with E-state index < -0.39 is 0 Å². The van der Waals surface area contributed by atoms with Gasteiger partial charge in [0.25, 0.3) is 0 Å². The fourth-order valence-corrected chi connectivity index (χ4v) is 2.38. The average molecular weight is 236 g/mol. The van der Waals surface area contributed by atoms with Crippen LogP contribution in [0, 0.1) is 13.8 Å². The Morgan fingerprint density at radius 3 is 2.72 bits per heavy atom. The zero-order valence-corrected chi connectivity index (χ0v) is 10.7. The molecule has 0 saturated carbocycles. The minimum atomic E-state index is 0.844. The fourth-order valence-electron chi connectivity index (χ4n) is 2.38. The van der Waals surface area contributed by atoms with Gasteiger partial charge in [-0.2, -0.15) is 5.10 Å². The van der Waals surface area contributed by atoms with E-state index in [0.29, 0.717) is 0 Å². The molecule has 0 spiro atoms. The minimum absolute atomic E-state index is 0.844. The number of hydrogen-bond acceptors (Lipinski definition) is 2. The molecule has 0 saturated heterocycles. The number of anilines is 1. The largest absolute Gasteiger partial charge is 0.261 e. The molecular formula is C16H16N2. The van der Waals surface area contributed by atoms with Crippen molar-refractivity contribution in [3.8, 4) is 0 Å². The van der Waals surface area contributed by atoms with Gasteiger partial charge in [-0.3, -0.25) is 5.01 Å². The topological polar surface area (TPSA) is 15.6 Å². The van der Waals surface area contributed by atoms with Crippen LogP contribution >= 0.6 is 0 Å². The van der Waals surface area contributed by atoms with Crippen LogP contribution in [-0.4, -0.2) is 6.21 Å². The molecular weight excluding hydrogens is 220 g/mol. The molecule has 18 heavy (non-hydrogen) atoms. The third-order valence-electron chi connectivity index (χ3n) is 3.34. The predicted octanol–water partition coefficient (Wildman–Crippen LogP) is 3.66. The minimum Gasteiger partial charge on any atom is -0.261 e. The normalized spacial score (nSPS) is 13.6. The van der Waals surface area contributed by atoms with Gasteiger partial charge < -0.3 is 0 Å². The highest BCUT2D eigenvalue weighted by molar-refractivity contribution is 5.84. The molecule has 90 valence electrons. The van der Waals surface area contributed by atoms with Crippen LogP contribution in [0.5, 0.6) is 0 Å². The Labute approximate surface area is 108 Å². The smallest absolute Gasteiger partial charge is 0.0672 e. The van der Waals surface area contributed by atoms with Gasteiger partial charge in [0.2, 0.25) is 0 Å². The molecule has 2 nitrogen and oxygen atoms in total. The molecule has 2 aromatic rings. The zero-order chi connectivity index (χ0) is 12.5. The third kappa shape index (κ3) is 1.90. The van der Waals surface area contributed by atoms with Gasteiger partial charge in [-0.05, 0) is 36.6 Å². The van der Waals surface area contributed by atoms with Gasteiger partial charge in [0.05, 0.1) is 18.4 Å². The van der Waals surface area contributed by atoms with Crippen molar-refractivity contribution in [3.63, 3.8) is 0 Å². The standard InChI is InChI=1S/C16H16N2/c1-12-7-8-16(13(2)9-12)18-11-15-6-4-3-5-14(15)10-17-18/h3-10H,11H2,1-2H3. The second-order valence-corrected chi connectivity index (χ2v) is 4.79. The number of hydrazone groups is 1. The first-order valence-electron chi connectivity index (χ1n) is 6.21. The van der Waals surface area contributed by atoms with Crippen LogP contribution in [0.4, 0.5) is 5.69 Å². The summed E-state index contributed by atoms with van der Waals surface area (Å²) in [6.45, 7) is 5.10. The van der Waals surface area contributed by atoms with Crippen LogP contribution in [0.15, 0.2) is 47.6 Å². The Balaban J connectivity index is 1.97. The average Bonchev–Trinajstić information content (AvgIpc) is 2.38. The molecule has 0 bridgehead atoms. The summed E-state index contributed by atoms with van der Waals surface area (Å²) in [5.74, 6) is 0. The lowest BCUT2D eigenvalue weighted by Crippen LogP contribution is -2.21. The maximum absolute atomic E-state index is 4.54. The maximum Gasteiger partial charge on any atom is 0.0672 e. The van der Waals surface area contributed by atoms with Gasteiger partial charge in [0, 0.05) is 0 Å². The summed E-state index contributed by atoms with van der Waals surface area (Å²) in [7, 11) is 0. The summed E-state index contributed by atoms with van der Waals surface area (Å²) in [5, 5.41) is 6.61. The van der Waals surface area contributed by atoms with Crippen molar-refractivity contribution < 1.29 is 0 Å². The first-order chi connectivity index (χ1) is 8.74. The highest BCUT2D eigenvalue weighted by atomic mass is 15.5. The molecule has 0 N–H and O–H groups in total. The molecule has 1 aliphatic rings. The zero-order valence-electron chi connectivity index (χ0n) is 10.7. The van der Waals surface area contributed by atoms with E-state index in [0.717, 1.165) is 6.54 Å². The van der Waals surface area contributed by atoms with E-state index in [1.54, 1.807) is 0 Å². The summed E-state index contributed by atoms with van der Waals surface area (Å²) < 4.78 is 0. The molecule has 0 atom stereocenters. The van der Waals surface area contributed by atoms with E-state index in [-0.39, 0.29) is 0 Å². The lowest BCUT2D eigenvalue weighted by atomic mass is 10.1. The van der Waals surface area contributed by atoms with Crippen LogP contribution < -0.4 is 5.01 Å². The second-order valence-electron chi connectivity index (χ2n) is 4.79. The number of fused-ring (bicyclic) bond motifs is 1. The van der Waals surface area contributed by atoms with Gasteiger partial charge >= 0.3 is 0 Å². The Kier molecular flexibility index (Phi) is 2.63. The second kappa shape index (κ2) is 4.30. The third-order valence-corrected chi connectivity index (χ3v) is 3.34. The molecule has 3 rings (SSSR count). The van der Waals surface area contributed by atoms with Crippen molar-refractivity contribution in [1.29, 1.82) is 0 Å². The van der Waals surface area contributed by atoms with E-state index in [1.807, 2.05) is 6.21 Å². The Hall–Kier alpha value is -2.09. The maximum atomic E-state index is 4.54. The lowest BCUT2D eigenvalue weighted by Gasteiger charge is -2.25. The van der Waals surface area contributed by atoms with Crippen molar-refractivity contribution in [2.24, 2.45) is 5.10 Å². The Morgan fingerprint density at radius 2 is 1.89 bits per heavy atom. The van der Waals surface area contributed by atoms with Crippen molar-refractivity contribution in [1.82, 2.24) is 0 Å². The Bertz CT molecular complexity index is 614. The van der Waals surface area contributed by atoms with Crippen LogP contribution in [-0.2, 0) is 6.54 Å². The van der Waals surface area contributed by atoms with Crippen LogP contribution in [0.3, 0.4) is 0 Å². The number of nitrogens with zero attached hydrogens (tertiary/aromatic N) is 2. The van der Waals surface area contributed by atoms with Gasteiger partial charge in [-0.25, -0.2) is 0 Å². The quantitative estimate of drug-likeness (QED) is 0.737. The number of benzene rings is 2. The molecule has 1 aliphatic heterocycles. The van der Waals surface area contributed by atoms with E-state index in [2.05, 4.69) is 66.4 Å². The fraction of sp³-hybridized carbons (Fsp3) is 0.188. The number of rotatable bonds is 1. The van der Waals surface area contributed by atoms with Crippen LogP contribution in [0.1, 0.15) is 22.3 Å². The molecule has 2 heteroatoms. The molecule has 0 aliphatic carbocycles. The monoisotopic (exact) mass is 236 g/mol. The van der Waals surface area contributed by atoms with E-state index in [9.17, 15) is 0 Å². The summed E-state index contributed by atoms with van der Waals surface area (Å²) in [6.07, 6.45) is 1.94. The van der Waals surface area contributed by atoms with Crippen molar-refractivity contribution in [3.05, 3.63) is 64.7 Å². The number of aryl methyl sites for hydroxylation is 2. The van der Waals surface area contributed by atoms with Crippen molar-refractivity contribution >= 4 is 11.9 Å². The lowest BCUT2D eigenvalue weighted by molar-refractivity contribution is 0.838. The van der Waals surface area contributed by atoms with Crippen molar-refractivity contribution in [2.45, 2.75) is 20.4 Å². The van der Waals surface area contributed by atoms with Gasteiger partial charge in [0.15, 0.2) is 0 Å². The molecule has 0 aromatic heterocycles. The first-order valence-corrected chi connectivity index (χ1v) is 6.21. The molecule has 0 fully saturated rings. The van der Waals surface area contributed by atoms with E-state index >= 15 is 0 Å². The van der Waals surface area contributed by atoms with Gasteiger partial charge in [-0.15, -0.1) is 0 Å². The van der Waals surface area contributed by atoms with E-state index in [1.165, 1.54) is 27.9 Å². The van der Waals surface area contributed by atoms with Crippen LogP contribution in [0.25, 0.3) is 0 Å². The summed E-state index contributed by atoms with van der Waals surface area (Å²) >= 11 is 0. The SMILES string of the molecule is Cc1ccc(N2Cc3ccccc3C=N2)c(C)c1. The summed E-state index contributed by atoms with van der Waals surface area (Å²) in [4.78, 5) is 0. The van der Waals surface area contributed by atoms with Crippen LogP contribution in [0.2, 0.25) is 0 Å². The molecule has 0 unspecified atom stereocenters. The summed E-state index contributed by atoms with van der Waals surface area (Å²) in [5.41, 5.74) is 6.29. The first kappa shape index (κ1) is 11.0. The molecule has 0 amide bonds. The number of hydrogen-bond donors (Lipinski definition) is 0. The van der Waals surface area contributed by atoms with Gasteiger partial charge in [-0.1, -0.05) is 42.0 Å². The summed E-state index contributed by atoms with van der Waals surface area (Å²) in [6, 6.07) is 14.9. The molecule has 1 heterocycles. The molecule has 0 radical (unpaired) electrons. The highest BCUT2D eigenvalue weighted by Gasteiger charge is 2.14. The molecule has 2 aromatic carbocycles. The predicted molar refractivity (Wildman–Crippen MR) is 76.1 cm³/mol. The van der Waals surface area contributed by atoms with Gasteiger partial charge in [0.1, 0.15) is 0 Å². The Morgan fingerprint density at radius 1 is 1.06 bits per heavy atom. The highest BCUT2D eigenvalue weighted by Crippen LogP contribution is 2.26. The van der Waals surface area contributed by atoms with Crippen molar-refractivity contribution in [2.75, 3.05) is 5.01 Å².